The van der Waals surface area contributed by atoms with Gasteiger partial charge in [0.1, 0.15) is 5.52 Å². The van der Waals surface area contributed by atoms with Gasteiger partial charge in [0.05, 0.1) is 27.5 Å². The zero-order chi connectivity index (χ0) is 14.8. The number of hydrogen-bond acceptors (Lipinski definition) is 3. The fourth-order valence-electron chi connectivity index (χ4n) is 2.01. The summed E-state index contributed by atoms with van der Waals surface area (Å²) >= 11 is 12.1. The molecule has 1 N–H and O–H groups in total. The van der Waals surface area contributed by atoms with E-state index in [0.717, 1.165) is 5.39 Å². The number of fused-ring (bicyclic) bond motifs is 1. The lowest BCUT2D eigenvalue weighted by atomic mass is 10.1. The summed E-state index contributed by atoms with van der Waals surface area (Å²) in [6, 6.07) is 12.2. The van der Waals surface area contributed by atoms with Crippen molar-refractivity contribution in [3.63, 3.8) is 0 Å². The predicted molar refractivity (Wildman–Crippen MR) is 84.0 cm³/mol. The van der Waals surface area contributed by atoms with Gasteiger partial charge in [0.2, 0.25) is 0 Å². The molecule has 0 aliphatic heterocycles. The predicted octanol–water partition coefficient (Wildman–Crippen LogP) is 4.19. The molecule has 2 aromatic carbocycles. The molecular weight excluding hydrogens is 309 g/mol. The van der Waals surface area contributed by atoms with Crippen LogP contribution in [0.1, 0.15) is 10.4 Å². The van der Waals surface area contributed by atoms with Crippen molar-refractivity contribution in [1.29, 1.82) is 0 Å². The number of benzene rings is 2. The van der Waals surface area contributed by atoms with Crippen LogP contribution < -0.4 is 5.32 Å². The molecule has 0 spiro atoms. The van der Waals surface area contributed by atoms with Crippen molar-refractivity contribution in [2.75, 3.05) is 5.32 Å². The highest BCUT2D eigenvalue weighted by Crippen LogP contribution is 2.26. The normalized spacial score (nSPS) is 10.6. The molecule has 1 heterocycles. The van der Waals surface area contributed by atoms with E-state index >= 15 is 0 Å². The molecule has 3 rings (SSSR count). The van der Waals surface area contributed by atoms with Crippen LogP contribution in [0.2, 0.25) is 10.0 Å². The van der Waals surface area contributed by atoms with Gasteiger partial charge in [-0.15, -0.1) is 5.10 Å². The Morgan fingerprint density at radius 2 is 1.71 bits per heavy atom. The molecule has 0 saturated heterocycles. The Bertz CT molecular complexity index is 811. The maximum atomic E-state index is 12.4. The van der Waals surface area contributed by atoms with Crippen LogP contribution in [0.25, 0.3) is 10.9 Å². The highest BCUT2D eigenvalue weighted by Gasteiger charge is 2.15. The Balaban J connectivity index is 2.01. The third-order valence-electron chi connectivity index (χ3n) is 2.98. The van der Waals surface area contributed by atoms with E-state index in [1.807, 2.05) is 18.2 Å². The average Bonchev–Trinajstić information content (AvgIpc) is 2.47. The molecule has 0 aliphatic rings. The molecule has 1 amide bonds. The second kappa shape index (κ2) is 5.68. The molecule has 0 atom stereocenters. The van der Waals surface area contributed by atoms with Crippen LogP contribution >= 0.6 is 23.2 Å². The quantitative estimate of drug-likeness (QED) is 0.771. The topological polar surface area (TPSA) is 54.9 Å². The van der Waals surface area contributed by atoms with Gasteiger partial charge in [-0.1, -0.05) is 41.4 Å². The molecule has 104 valence electrons. The van der Waals surface area contributed by atoms with Crippen molar-refractivity contribution < 1.29 is 4.79 Å². The second-order valence-corrected chi connectivity index (χ2v) is 5.14. The summed E-state index contributed by atoms with van der Waals surface area (Å²) in [4.78, 5) is 12.4. The van der Waals surface area contributed by atoms with Crippen LogP contribution in [0, 0.1) is 0 Å². The number of nitrogens with zero attached hydrogens (tertiary/aromatic N) is 2. The zero-order valence-corrected chi connectivity index (χ0v) is 12.2. The second-order valence-electron chi connectivity index (χ2n) is 4.33. The van der Waals surface area contributed by atoms with Gasteiger partial charge in [-0.2, -0.15) is 5.10 Å². The van der Waals surface area contributed by atoms with Gasteiger partial charge in [-0.25, -0.2) is 0 Å². The molecule has 3 aromatic rings. The van der Waals surface area contributed by atoms with E-state index in [1.54, 1.807) is 30.5 Å². The summed E-state index contributed by atoms with van der Waals surface area (Å²) < 4.78 is 0. The summed E-state index contributed by atoms with van der Waals surface area (Å²) in [7, 11) is 0. The van der Waals surface area contributed by atoms with Gasteiger partial charge in [-0.3, -0.25) is 4.79 Å². The molecule has 1 aromatic heterocycles. The Hall–Kier alpha value is -2.17. The van der Waals surface area contributed by atoms with Crippen LogP contribution in [0.4, 0.5) is 5.69 Å². The number of hydrogen-bond donors (Lipinski definition) is 1. The van der Waals surface area contributed by atoms with E-state index in [-0.39, 0.29) is 11.5 Å². The number of carbonyl (C=O) groups excluding carboxylic acids is 1. The van der Waals surface area contributed by atoms with Crippen LogP contribution in [0.5, 0.6) is 0 Å². The standard InChI is InChI=1S/C15H9Cl2N3O/c16-10-4-2-5-11(17)13(10)15(21)19-12-6-1-3-9-7-8-18-20-14(9)12/h1-8H,(H,19,21). The maximum Gasteiger partial charge on any atom is 0.258 e. The fraction of sp³-hybridized carbons (Fsp3) is 0. The van der Waals surface area contributed by atoms with Gasteiger partial charge < -0.3 is 5.32 Å². The molecule has 0 bridgehead atoms. The van der Waals surface area contributed by atoms with E-state index in [9.17, 15) is 4.79 Å². The maximum absolute atomic E-state index is 12.4. The van der Waals surface area contributed by atoms with E-state index in [2.05, 4.69) is 15.5 Å². The van der Waals surface area contributed by atoms with Crippen LogP contribution in [0.15, 0.2) is 48.7 Å². The smallest absolute Gasteiger partial charge is 0.258 e. The highest BCUT2D eigenvalue weighted by atomic mass is 35.5. The number of nitrogens with one attached hydrogen (secondary N) is 1. The van der Waals surface area contributed by atoms with Crippen molar-refractivity contribution >= 4 is 45.7 Å². The first-order chi connectivity index (χ1) is 10.2. The first-order valence-corrected chi connectivity index (χ1v) is 6.88. The minimum Gasteiger partial charge on any atom is -0.320 e. The van der Waals surface area contributed by atoms with Crippen molar-refractivity contribution in [3.05, 3.63) is 64.3 Å². The highest BCUT2D eigenvalue weighted by molar-refractivity contribution is 6.40. The summed E-state index contributed by atoms with van der Waals surface area (Å²) in [6.45, 7) is 0. The Kier molecular flexibility index (Phi) is 3.73. The minimum absolute atomic E-state index is 0.238. The monoisotopic (exact) mass is 317 g/mol. The summed E-state index contributed by atoms with van der Waals surface area (Å²) in [5.41, 5.74) is 1.40. The van der Waals surface area contributed by atoms with Gasteiger partial charge >= 0.3 is 0 Å². The van der Waals surface area contributed by atoms with Crippen molar-refractivity contribution in [2.24, 2.45) is 0 Å². The largest absolute Gasteiger partial charge is 0.320 e. The number of rotatable bonds is 2. The van der Waals surface area contributed by atoms with E-state index in [4.69, 9.17) is 23.2 Å². The van der Waals surface area contributed by atoms with Crippen LogP contribution in [0.3, 0.4) is 0 Å². The number of carbonyl (C=O) groups is 1. The van der Waals surface area contributed by atoms with Crippen molar-refractivity contribution in [2.45, 2.75) is 0 Å². The van der Waals surface area contributed by atoms with Gasteiger partial charge in [-0.05, 0) is 24.3 Å². The Labute approximate surface area is 130 Å². The van der Waals surface area contributed by atoms with E-state index in [1.165, 1.54) is 0 Å². The van der Waals surface area contributed by atoms with Crippen molar-refractivity contribution in [1.82, 2.24) is 10.2 Å². The van der Waals surface area contributed by atoms with Crippen LogP contribution in [-0.4, -0.2) is 16.1 Å². The molecule has 0 radical (unpaired) electrons. The SMILES string of the molecule is O=C(Nc1cccc2ccnnc12)c1c(Cl)cccc1Cl. The lowest BCUT2D eigenvalue weighted by Crippen LogP contribution is -2.13. The Morgan fingerprint density at radius 1 is 1.00 bits per heavy atom. The summed E-state index contributed by atoms with van der Waals surface area (Å²) in [6.07, 6.45) is 1.60. The number of halogens is 2. The molecule has 6 heteroatoms. The molecule has 0 unspecified atom stereocenters. The number of amides is 1. The first-order valence-electron chi connectivity index (χ1n) is 6.12. The lowest BCUT2D eigenvalue weighted by Gasteiger charge is -2.09. The van der Waals surface area contributed by atoms with E-state index < -0.39 is 0 Å². The summed E-state index contributed by atoms with van der Waals surface area (Å²) in [5, 5.41) is 12.1. The third-order valence-corrected chi connectivity index (χ3v) is 3.61. The first kappa shape index (κ1) is 13.8. The number of aromatic nitrogens is 2. The lowest BCUT2D eigenvalue weighted by molar-refractivity contribution is 0.102. The molecule has 0 aliphatic carbocycles. The molecule has 0 fully saturated rings. The van der Waals surface area contributed by atoms with Crippen LogP contribution in [-0.2, 0) is 0 Å². The Morgan fingerprint density at radius 3 is 2.48 bits per heavy atom. The summed E-state index contributed by atoms with van der Waals surface area (Å²) in [5.74, 6) is -0.385. The molecule has 4 nitrogen and oxygen atoms in total. The van der Waals surface area contributed by atoms with E-state index in [0.29, 0.717) is 21.2 Å². The number of anilines is 1. The third kappa shape index (κ3) is 2.68. The molecule has 0 saturated carbocycles. The zero-order valence-electron chi connectivity index (χ0n) is 10.7. The molecular formula is C15H9Cl2N3O. The average molecular weight is 318 g/mol. The fourth-order valence-corrected chi connectivity index (χ4v) is 2.58. The molecule has 21 heavy (non-hydrogen) atoms. The van der Waals surface area contributed by atoms with Crippen molar-refractivity contribution in [3.8, 4) is 0 Å². The van der Waals surface area contributed by atoms with Gasteiger partial charge in [0.25, 0.3) is 5.91 Å². The van der Waals surface area contributed by atoms with Gasteiger partial charge in [0, 0.05) is 5.39 Å². The van der Waals surface area contributed by atoms with Gasteiger partial charge in [0.15, 0.2) is 0 Å². The minimum atomic E-state index is -0.385.